The van der Waals surface area contributed by atoms with Crippen molar-refractivity contribution in [3.05, 3.63) is 23.9 Å². The van der Waals surface area contributed by atoms with Gasteiger partial charge in [-0.2, -0.15) is 11.8 Å². The number of aromatic nitrogens is 1. The predicted molar refractivity (Wildman–Crippen MR) is 68.8 cm³/mol. The summed E-state index contributed by atoms with van der Waals surface area (Å²) in [7, 11) is 0. The van der Waals surface area contributed by atoms with Gasteiger partial charge >= 0.3 is 5.97 Å². The van der Waals surface area contributed by atoms with Gasteiger partial charge < -0.3 is 15.7 Å². The standard InChI is InChI=1S/C11H13N3O3S/c12-10(15)7-1-2-13-9(5-7)14-3-4-18-6-8(14)11(16)17/h1-2,5,8H,3-4,6H2,(H2,12,15)(H,16,17). The number of amides is 1. The number of primary amides is 1. The third-order valence-corrected chi connectivity index (χ3v) is 3.76. The Morgan fingerprint density at radius 2 is 2.33 bits per heavy atom. The van der Waals surface area contributed by atoms with Crippen molar-refractivity contribution in [2.24, 2.45) is 5.73 Å². The van der Waals surface area contributed by atoms with Crippen LogP contribution >= 0.6 is 11.8 Å². The molecule has 1 aromatic heterocycles. The highest BCUT2D eigenvalue weighted by Gasteiger charge is 2.29. The quantitative estimate of drug-likeness (QED) is 0.811. The maximum atomic E-state index is 11.2. The lowest BCUT2D eigenvalue weighted by Crippen LogP contribution is -2.47. The van der Waals surface area contributed by atoms with Gasteiger partial charge in [0.25, 0.3) is 0 Å². The highest BCUT2D eigenvalue weighted by molar-refractivity contribution is 7.99. The molecule has 1 fully saturated rings. The molecule has 0 radical (unpaired) electrons. The highest BCUT2D eigenvalue weighted by atomic mass is 32.2. The van der Waals surface area contributed by atoms with Gasteiger partial charge in [-0.1, -0.05) is 0 Å². The second-order valence-corrected chi connectivity index (χ2v) is 5.04. The predicted octanol–water partition coefficient (Wildman–Crippen LogP) is 0.187. The van der Waals surface area contributed by atoms with E-state index in [0.29, 0.717) is 23.7 Å². The van der Waals surface area contributed by atoms with Gasteiger partial charge in [-0.25, -0.2) is 9.78 Å². The zero-order valence-corrected chi connectivity index (χ0v) is 10.4. The monoisotopic (exact) mass is 267 g/mol. The summed E-state index contributed by atoms with van der Waals surface area (Å²) >= 11 is 1.60. The average Bonchev–Trinajstić information content (AvgIpc) is 2.39. The van der Waals surface area contributed by atoms with Gasteiger partial charge in [0, 0.05) is 29.8 Å². The van der Waals surface area contributed by atoms with Crippen LogP contribution in [0, 0.1) is 0 Å². The second kappa shape index (κ2) is 5.26. The van der Waals surface area contributed by atoms with Gasteiger partial charge in [0.15, 0.2) is 0 Å². The molecule has 1 atom stereocenters. The van der Waals surface area contributed by atoms with E-state index in [1.54, 1.807) is 16.7 Å². The van der Waals surface area contributed by atoms with Gasteiger partial charge in [0.05, 0.1) is 0 Å². The highest BCUT2D eigenvalue weighted by Crippen LogP contribution is 2.23. The molecular formula is C11H13N3O3S. The van der Waals surface area contributed by atoms with Crippen molar-refractivity contribution >= 4 is 29.5 Å². The Bertz CT molecular complexity index is 480. The summed E-state index contributed by atoms with van der Waals surface area (Å²) in [5.74, 6) is 0.411. The minimum Gasteiger partial charge on any atom is -0.480 e. The lowest BCUT2D eigenvalue weighted by Gasteiger charge is -2.33. The van der Waals surface area contributed by atoms with E-state index < -0.39 is 17.9 Å². The Morgan fingerprint density at radius 3 is 3.00 bits per heavy atom. The minimum absolute atomic E-state index is 0.336. The number of carbonyl (C=O) groups is 2. The number of pyridine rings is 1. The Balaban J connectivity index is 2.30. The Hall–Kier alpha value is -1.76. The number of carboxylic acid groups (broad SMARTS) is 1. The molecule has 1 amide bonds. The molecular weight excluding hydrogens is 254 g/mol. The first-order valence-electron chi connectivity index (χ1n) is 5.42. The van der Waals surface area contributed by atoms with E-state index in [1.807, 2.05) is 0 Å². The fourth-order valence-electron chi connectivity index (χ4n) is 1.81. The molecule has 0 aromatic carbocycles. The van der Waals surface area contributed by atoms with E-state index in [9.17, 15) is 14.7 Å². The molecule has 2 heterocycles. The summed E-state index contributed by atoms with van der Waals surface area (Å²) in [6.45, 7) is 0.594. The number of rotatable bonds is 3. The number of aliphatic carboxylic acids is 1. The number of carbonyl (C=O) groups excluding carboxylic acids is 1. The average molecular weight is 267 g/mol. The number of hydrogen-bond donors (Lipinski definition) is 2. The van der Waals surface area contributed by atoms with E-state index in [2.05, 4.69) is 4.98 Å². The van der Waals surface area contributed by atoms with E-state index in [4.69, 9.17) is 5.73 Å². The molecule has 96 valence electrons. The van der Waals surface area contributed by atoms with Crippen molar-refractivity contribution in [1.82, 2.24) is 4.98 Å². The van der Waals surface area contributed by atoms with Crippen LogP contribution in [0.15, 0.2) is 18.3 Å². The largest absolute Gasteiger partial charge is 0.480 e. The first-order chi connectivity index (χ1) is 8.59. The fraction of sp³-hybridized carbons (Fsp3) is 0.364. The van der Waals surface area contributed by atoms with Crippen LogP contribution in [0.5, 0.6) is 0 Å². The molecule has 1 unspecified atom stereocenters. The lowest BCUT2D eigenvalue weighted by molar-refractivity contribution is -0.138. The van der Waals surface area contributed by atoms with Crippen molar-refractivity contribution in [3.63, 3.8) is 0 Å². The molecule has 18 heavy (non-hydrogen) atoms. The molecule has 0 bridgehead atoms. The lowest BCUT2D eigenvalue weighted by atomic mass is 10.2. The van der Waals surface area contributed by atoms with Crippen LogP contribution in [0.4, 0.5) is 5.82 Å². The number of hydrogen-bond acceptors (Lipinski definition) is 5. The molecule has 7 heteroatoms. The van der Waals surface area contributed by atoms with Crippen LogP contribution in [0.25, 0.3) is 0 Å². The maximum Gasteiger partial charge on any atom is 0.327 e. The van der Waals surface area contributed by atoms with Gasteiger partial charge in [-0.05, 0) is 12.1 Å². The first-order valence-corrected chi connectivity index (χ1v) is 6.58. The normalized spacial score (nSPS) is 19.6. The number of anilines is 1. The van der Waals surface area contributed by atoms with Gasteiger partial charge in [-0.3, -0.25) is 4.79 Å². The van der Waals surface area contributed by atoms with Crippen molar-refractivity contribution in [2.45, 2.75) is 6.04 Å². The van der Waals surface area contributed by atoms with E-state index in [1.165, 1.54) is 18.3 Å². The number of nitrogens with zero attached hydrogens (tertiary/aromatic N) is 2. The van der Waals surface area contributed by atoms with Crippen LogP contribution < -0.4 is 10.6 Å². The van der Waals surface area contributed by atoms with Gasteiger partial charge in [-0.15, -0.1) is 0 Å². The molecule has 1 saturated heterocycles. The minimum atomic E-state index is -0.881. The van der Waals surface area contributed by atoms with Crippen molar-refractivity contribution < 1.29 is 14.7 Å². The maximum absolute atomic E-state index is 11.2. The van der Waals surface area contributed by atoms with Crippen LogP contribution in [0.1, 0.15) is 10.4 Å². The molecule has 1 aromatic rings. The first kappa shape index (κ1) is 12.7. The molecule has 0 saturated carbocycles. The second-order valence-electron chi connectivity index (χ2n) is 3.89. The van der Waals surface area contributed by atoms with Gasteiger partial charge in [0.1, 0.15) is 11.9 Å². The Morgan fingerprint density at radius 1 is 1.56 bits per heavy atom. The summed E-state index contributed by atoms with van der Waals surface area (Å²) in [6.07, 6.45) is 1.47. The van der Waals surface area contributed by atoms with Crippen LogP contribution in [0.2, 0.25) is 0 Å². The van der Waals surface area contributed by atoms with E-state index in [0.717, 1.165) is 5.75 Å². The molecule has 1 aliphatic rings. The number of thioether (sulfide) groups is 1. The van der Waals surface area contributed by atoms with Crippen molar-refractivity contribution in [1.29, 1.82) is 0 Å². The van der Waals surface area contributed by atoms with Crippen LogP contribution in [-0.4, -0.2) is 46.1 Å². The Labute approximate surface area is 108 Å². The number of carboxylic acids is 1. The van der Waals surface area contributed by atoms with Crippen molar-refractivity contribution in [2.75, 3.05) is 23.0 Å². The molecule has 0 aliphatic carbocycles. The smallest absolute Gasteiger partial charge is 0.327 e. The van der Waals surface area contributed by atoms with Crippen LogP contribution in [-0.2, 0) is 4.79 Å². The summed E-state index contributed by atoms with van der Waals surface area (Å²) in [6, 6.07) is 2.44. The van der Waals surface area contributed by atoms with E-state index in [-0.39, 0.29) is 0 Å². The molecule has 3 N–H and O–H groups in total. The third-order valence-electron chi connectivity index (χ3n) is 2.74. The molecule has 2 rings (SSSR count). The SMILES string of the molecule is NC(=O)c1ccnc(N2CCSCC2C(=O)O)c1. The summed E-state index contributed by atoms with van der Waals surface area (Å²) in [5, 5.41) is 9.17. The van der Waals surface area contributed by atoms with Crippen LogP contribution in [0.3, 0.4) is 0 Å². The summed E-state index contributed by atoms with van der Waals surface area (Å²) in [4.78, 5) is 28.1. The van der Waals surface area contributed by atoms with Gasteiger partial charge in [0.2, 0.25) is 5.91 Å². The van der Waals surface area contributed by atoms with Crippen molar-refractivity contribution in [3.8, 4) is 0 Å². The summed E-state index contributed by atoms with van der Waals surface area (Å²) < 4.78 is 0. The molecule has 1 aliphatic heterocycles. The topological polar surface area (TPSA) is 96.5 Å². The Kier molecular flexibility index (Phi) is 3.71. The third kappa shape index (κ3) is 2.56. The zero-order valence-electron chi connectivity index (χ0n) is 9.57. The molecule has 0 spiro atoms. The molecule has 6 nitrogen and oxygen atoms in total. The number of nitrogens with two attached hydrogens (primary N) is 1. The fourth-order valence-corrected chi connectivity index (χ4v) is 2.85. The zero-order chi connectivity index (χ0) is 13.1. The summed E-state index contributed by atoms with van der Waals surface area (Å²) in [5.41, 5.74) is 5.54. The van der Waals surface area contributed by atoms with E-state index >= 15 is 0 Å².